The van der Waals surface area contributed by atoms with Crippen LogP contribution in [0.2, 0.25) is 0 Å². The van der Waals surface area contributed by atoms with Crippen LogP contribution in [0.15, 0.2) is 18.2 Å². The average Bonchev–Trinajstić information content (AvgIpc) is 2.31. The molecule has 1 aromatic carbocycles. The summed E-state index contributed by atoms with van der Waals surface area (Å²) in [6, 6.07) is 5.08. The lowest BCUT2D eigenvalue weighted by Gasteiger charge is -2.39. The fourth-order valence-electron chi connectivity index (χ4n) is 2.57. The molecule has 1 fully saturated rings. The van der Waals surface area contributed by atoms with E-state index in [9.17, 15) is 4.39 Å². The number of benzene rings is 1. The molecule has 0 aromatic heterocycles. The maximum Gasteiger partial charge on any atom is 0.123 e. The molecule has 2 nitrogen and oxygen atoms in total. The smallest absolute Gasteiger partial charge is 0.123 e. The summed E-state index contributed by atoms with van der Waals surface area (Å²) >= 11 is 0. The Morgan fingerprint density at radius 1 is 1.28 bits per heavy atom. The molecule has 0 amide bonds. The Morgan fingerprint density at radius 2 is 1.94 bits per heavy atom. The van der Waals surface area contributed by atoms with Crippen LogP contribution in [0.3, 0.4) is 0 Å². The maximum absolute atomic E-state index is 13.3. The number of halogens is 1. The lowest BCUT2D eigenvalue weighted by molar-refractivity contribution is 0.279. The summed E-state index contributed by atoms with van der Waals surface area (Å²) in [5, 5.41) is 0. The second-order valence-electron chi connectivity index (χ2n) is 5.96. The van der Waals surface area contributed by atoms with E-state index in [1.807, 2.05) is 6.07 Å². The monoisotopic (exact) mass is 250 g/mol. The first-order valence-corrected chi connectivity index (χ1v) is 6.75. The molecule has 2 rings (SSSR count). The van der Waals surface area contributed by atoms with Crippen LogP contribution in [0.1, 0.15) is 32.3 Å². The van der Waals surface area contributed by atoms with Gasteiger partial charge in [0.1, 0.15) is 5.82 Å². The minimum Gasteiger partial charge on any atom is -0.371 e. The van der Waals surface area contributed by atoms with Crippen molar-refractivity contribution in [2.45, 2.75) is 33.1 Å². The molecule has 0 aliphatic carbocycles. The van der Waals surface area contributed by atoms with E-state index in [0.29, 0.717) is 12.0 Å². The zero-order valence-electron chi connectivity index (χ0n) is 11.4. The molecule has 1 aromatic rings. The van der Waals surface area contributed by atoms with Crippen molar-refractivity contribution < 1.29 is 4.39 Å². The van der Waals surface area contributed by atoms with Gasteiger partial charge in [0.25, 0.3) is 0 Å². The first kappa shape index (κ1) is 13.3. The van der Waals surface area contributed by atoms with Crippen LogP contribution in [0.25, 0.3) is 0 Å². The van der Waals surface area contributed by atoms with Crippen LogP contribution >= 0.6 is 0 Å². The Labute approximate surface area is 109 Å². The third-order valence-electron chi connectivity index (χ3n) is 3.91. The van der Waals surface area contributed by atoms with E-state index in [1.165, 1.54) is 12.8 Å². The van der Waals surface area contributed by atoms with Gasteiger partial charge in [-0.15, -0.1) is 0 Å². The highest BCUT2D eigenvalue weighted by atomic mass is 19.1. The predicted molar refractivity (Wildman–Crippen MR) is 74.4 cm³/mol. The normalized spacial score (nSPS) is 19.0. The standard InChI is InChI=1S/C15H23FN2/c1-15(2)6-9-18(10-7-15)14-4-3-13(16)11-12(14)5-8-17/h3-4,11H,5-10,17H2,1-2H3. The number of anilines is 1. The number of rotatable bonds is 3. The predicted octanol–water partition coefficient (Wildman–Crippen LogP) is 2.95. The molecule has 18 heavy (non-hydrogen) atoms. The van der Waals surface area contributed by atoms with E-state index in [0.717, 1.165) is 30.8 Å². The van der Waals surface area contributed by atoms with Gasteiger partial charge < -0.3 is 10.6 Å². The lowest BCUT2D eigenvalue weighted by Crippen LogP contribution is -2.37. The summed E-state index contributed by atoms with van der Waals surface area (Å²) in [4.78, 5) is 2.37. The van der Waals surface area contributed by atoms with Crippen LogP contribution in [-0.4, -0.2) is 19.6 Å². The second kappa shape index (κ2) is 5.27. The molecule has 100 valence electrons. The molecular formula is C15H23FN2. The molecule has 0 atom stereocenters. The van der Waals surface area contributed by atoms with E-state index in [2.05, 4.69) is 18.7 Å². The zero-order chi connectivity index (χ0) is 13.2. The number of nitrogens with zero attached hydrogens (tertiary/aromatic N) is 1. The van der Waals surface area contributed by atoms with Gasteiger partial charge in [-0.05, 0) is 55.0 Å². The summed E-state index contributed by atoms with van der Waals surface area (Å²) in [6.07, 6.45) is 3.12. The van der Waals surface area contributed by atoms with Crippen molar-refractivity contribution in [2.24, 2.45) is 11.1 Å². The van der Waals surface area contributed by atoms with Crippen LogP contribution in [0.4, 0.5) is 10.1 Å². The van der Waals surface area contributed by atoms with Gasteiger partial charge in [0.15, 0.2) is 0 Å². The molecule has 0 bridgehead atoms. The third kappa shape index (κ3) is 3.02. The van der Waals surface area contributed by atoms with Gasteiger partial charge in [0, 0.05) is 18.8 Å². The lowest BCUT2D eigenvalue weighted by atomic mass is 9.82. The van der Waals surface area contributed by atoms with Gasteiger partial charge in [0.05, 0.1) is 0 Å². The van der Waals surface area contributed by atoms with Gasteiger partial charge in [-0.2, -0.15) is 0 Å². The van der Waals surface area contributed by atoms with Gasteiger partial charge in [-0.1, -0.05) is 13.8 Å². The second-order valence-corrected chi connectivity index (χ2v) is 5.96. The maximum atomic E-state index is 13.3. The fourth-order valence-corrected chi connectivity index (χ4v) is 2.57. The van der Waals surface area contributed by atoms with Crippen LogP contribution in [-0.2, 0) is 6.42 Å². The van der Waals surface area contributed by atoms with Crippen LogP contribution in [0, 0.1) is 11.2 Å². The first-order valence-electron chi connectivity index (χ1n) is 6.75. The van der Waals surface area contributed by atoms with Crippen LogP contribution < -0.4 is 10.6 Å². The molecule has 0 saturated carbocycles. The number of nitrogens with two attached hydrogens (primary N) is 1. The van der Waals surface area contributed by atoms with E-state index >= 15 is 0 Å². The summed E-state index contributed by atoms with van der Waals surface area (Å²) in [5.41, 5.74) is 8.25. The van der Waals surface area contributed by atoms with Gasteiger partial charge >= 0.3 is 0 Å². The van der Waals surface area contributed by atoms with Gasteiger partial charge in [-0.3, -0.25) is 0 Å². The minimum absolute atomic E-state index is 0.167. The number of piperidine rings is 1. The summed E-state index contributed by atoms with van der Waals surface area (Å²) in [7, 11) is 0. The minimum atomic E-state index is -0.167. The highest BCUT2D eigenvalue weighted by Crippen LogP contribution is 2.33. The molecule has 1 saturated heterocycles. The first-order chi connectivity index (χ1) is 8.52. The van der Waals surface area contributed by atoms with E-state index in [1.54, 1.807) is 12.1 Å². The van der Waals surface area contributed by atoms with Crippen molar-refractivity contribution >= 4 is 5.69 Å². The fraction of sp³-hybridized carbons (Fsp3) is 0.600. The molecule has 1 heterocycles. The SMILES string of the molecule is CC1(C)CCN(c2ccc(F)cc2CCN)CC1. The van der Waals surface area contributed by atoms with Crippen molar-refractivity contribution in [3.05, 3.63) is 29.6 Å². The quantitative estimate of drug-likeness (QED) is 0.893. The molecule has 2 N–H and O–H groups in total. The molecular weight excluding hydrogens is 227 g/mol. The third-order valence-corrected chi connectivity index (χ3v) is 3.91. The van der Waals surface area contributed by atoms with Crippen molar-refractivity contribution in [2.75, 3.05) is 24.5 Å². The highest BCUT2D eigenvalue weighted by molar-refractivity contribution is 5.54. The summed E-state index contributed by atoms with van der Waals surface area (Å²) in [5.74, 6) is -0.167. The Hall–Kier alpha value is -1.09. The Morgan fingerprint density at radius 3 is 2.56 bits per heavy atom. The van der Waals surface area contributed by atoms with Crippen LogP contribution in [0.5, 0.6) is 0 Å². The van der Waals surface area contributed by atoms with E-state index in [-0.39, 0.29) is 5.82 Å². The van der Waals surface area contributed by atoms with E-state index < -0.39 is 0 Å². The van der Waals surface area contributed by atoms with Crippen molar-refractivity contribution in [3.63, 3.8) is 0 Å². The molecule has 0 radical (unpaired) electrons. The zero-order valence-corrected chi connectivity index (χ0v) is 11.4. The molecule has 1 aliphatic rings. The van der Waals surface area contributed by atoms with Crippen molar-refractivity contribution in [1.29, 1.82) is 0 Å². The Kier molecular flexibility index (Phi) is 3.91. The largest absolute Gasteiger partial charge is 0.371 e. The number of hydrogen-bond donors (Lipinski definition) is 1. The molecule has 3 heteroatoms. The van der Waals surface area contributed by atoms with Gasteiger partial charge in [0.2, 0.25) is 0 Å². The van der Waals surface area contributed by atoms with Crippen molar-refractivity contribution in [3.8, 4) is 0 Å². The number of hydrogen-bond acceptors (Lipinski definition) is 2. The topological polar surface area (TPSA) is 29.3 Å². The molecule has 1 aliphatic heterocycles. The summed E-state index contributed by atoms with van der Waals surface area (Å²) in [6.45, 7) is 7.30. The van der Waals surface area contributed by atoms with E-state index in [4.69, 9.17) is 5.73 Å². The Balaban J connectivity index is 2.18. The average molecular weight is 250 g/mol. The Bertz CT molecular complexity index is 405. The highest BCUT2D eigenvalue weighted by Gasteiger charge is 2.26. The molecule has 0 spiro atoms. The van der Waals surface area contributed by atoms with Crippen molar-refractivity contribution in [1.82, 2.24) is 0 Å². The van der Waals surface area contributed by atoms with Gasteiger partial charge in [-0.25, -0.2) is 4.39 Å². The summed E-state index contributed by atoms with van der Waals surface area (Å²) < 4.78 is 13.3. The molecule has 0 unspecified atom stereocenters.